The fourth-order valence-electron chi connectivity index (χ4n) is 6.41. The van der Waals surface area contributed by atoms with Crippen molar-refractivity contribution in [1.29, 1.82) is 0 Å². The maximum Gasteiger partial charge on any atom is 0.329 e. The van der Waals surface area contributed by atoms with Gasteiger partial charge in [0.25, 0.3) is 11.8 Å². The summed E-state index contributed by atoms with van der Waals surface area (Å²) in [5.74, 6) is -0.853. The van der Waals surface area contributed by atoms with Crippen molar-refractivity contribution in [2.75, 3.05) is 30.5 Å². The molecule has 1 aliphatic rings. The third-order valence-electron chi connectivity index (χ3n) is 9.08. The molecule has 4 amide bonds. The second kappa shape index (κ2) is 15.7. The minimum Gasteiger partial charge on any atom is -0.355 e. The number of hydrogen-bond acceptors (Lipinski definition) is 11. The topological polar surface area (TPSA) is 215 Å². The van der Waals surface area contributed by atoms with Crippen LogP contribution >= 0.6 is 0 Å². The van der Waals surface area contributed by atoms with E-state index in [2.05, 4.69) is 36.6 Å². The van der Waals surface area contributed by atoms with E-state index in [0.717, 1.165) is 23.8 Å². The SMILES string of the molecule is CNC(=O)c1cnc(Nc2ccc(C(=O)NCCCCc3cccc4c3n(C)c(=O)n4C3CCC(=O)NC3=O)cn2)cc1Nc1ccccc1S(C)(=O)=O. The molecular formula is C37H39N9O7S. The lowest BCUT2D eigenvalue weighted by atomic mass is 10.0. The number of nitrogens with zero attached hydrogens (tertiary/aromatic N) is 4. The fourth-order valence-corrected chi connectivity index (χ4v) is 7.25. The van der Waals surface area contributed by atoms with Crippen LogP contribution < -0.4 is 32.3 Å². The first-order chi connectivity index (χ1) is 25.8. The number of fused-ring (bicyclic) bond motifs is 1. The van der Waals surface area contributed by atoms with Gasteiger partial charge in [0.1, 0.15) is 17.7 Å². The lowest BCUT2D eigenvalue weighted by Gasteiger charge is -2.21. The predicted molar refractivity (Wildman–Crippen MR) is 202 cm³/mol. The number of hydrogen-bond donors (Lipinski definition) is 5. The summed E-state index contributed by atoms with van der Waals surface area (Å²) in [4.78, 5) is 71.6. The summed E-state index contributed by atoms with van der Waals surface area (Å²) in [5.41, 5.74) is 3.13. The third-order valence-corrected chi connectivity index (χ3v) is 10.2. The van der Waals surface area contributed by atoms with Crippen molar-refractivity contribution < 1.29 is 27.6 Å². The zero-order valence-electron chi connectivity index (χ0n) is 29.8. The zero-order chi connectivity index (χ0) is 38.6. The van der Waals surface area contributed by atoms with E-state index in [1.54, 1.807) is 49.5 Å². The van der Waals surface area contributed by atoms with Crippen LogP contribution in [-0.2, 0) is 32.9 Å². The van der Waals surface area contributed by atoms with E-state index >= 15 is 0 Å². The predicted octanol–water partition coefficient (Wildman–Crippen LogP) is 3.11. The van der Waals surface area contributed by atoms with Crippen LogP contribution in [0.4, 0.5) is 23.0 Å². The molecule has 0 bridgehead atoms. The van der Waals surface area contributed by atoms with Crippen LogP contribution in [0.15, 0.2) is 82.7 Å². The number of benzene rings is 2. The number of aryl methyl sites for hydroxylation is 2. The first-order valence-corrected chi connectivity index (χ1v) is 19.1. The van der Waals surface area contributed by atoms with E-state index in [4.69, 9.17) is 0 Å². The molecule has 0 aliphatic carbocycles. The van der Waals surface area contributed by atoms with Gasteiger partial charge in [-0.2, -0.15) is 0 Å². The van der Waals surface area contributed by atoms with Crippen LogP contribution in [0.1, 0.15) is 58.0 Å². The van der Waals surface area contributed by atoms with E-state index in [1.165, 1.54) is 34.6 Å². The highest BCUT2D eigenvalue weighted by atomic mass is 32.2. The van der Waals surface area contributed by atoms with Gasteiger partial charge < -0.3 is 21.3 Å². The molecule has 17 heteroatoms. The van der Waals surface area contributed by atoms with Gasteiger partial charge in [-0.1, -0.05) is 24.3 Å². The van der Waals surface area contributed by atoms with Gasteiger partial charge in [0.2, 0.25) is 11.8 Å². The number of amides is 4. The molecule has 1 fully saturated rings. The van der Waals surface area contributed by atoms with Gasteiger partial charge >= 0.3 is 5.69 Å². The van der Waals surface area contributed by atoms with Gasteiger partial charge in [-0.25, -0.2) is 23.2 Å². The Labute approximate surface area is 310 Å². The molecule has 5 N–H and O–H groups in total. The zero-order valence-corrected chi connectivity index (χ0v) is 30.6. The van der Waals surface area contributed by atoms with Crippen LogP contribution in [0.5, 0.6) is 0 Å². The summed E-state index contributed by atoms with van der Waals surface area (Å²) < 4.78 is 27.7. The highest BCUT2D eigenvalue weighted by Gasteiger charge is 2.31. The number of sulfone groups is 1. The molecule has 5 aromatic rings. The Hall–Kier alpha value is -6.36. The van der Waals surface area contributed by atoms with Crippen LogP contribution in [0, 0.1) is 0 Å². The largest absolute Gasteiger partial charge is 0.355 e. The van der Waals surface area contributed by atoms with E-state index in [9.17, 15) is 32.4 Å². The van der Waals surface area contributed by atoms with Crippen molar-refractivity contribution in [3.63, 3.8) is 0 Å². The Morgan fingerprint density at radius 2 is 1.69 bits per heavy atom. The number of pyridine rings is 2. The van der Waals surface area contributed by atoms with E-state index in [1.807, 2.05) is 12.1 Å². The van der Waals surface area contributed by atoms with Crippen molar-refractivity contribution in [3.05, 3.63) is 100 Å². The fraction of sp³-hybridized carbons (Fsp3) is 0.270. The minimum atomic E-state index is -3.56. The number of para-hydroxylation sites is 2. The first kappa shape index (κ1) is 37.4. The van der Waals surface area contributed by atoms with Gasteiger partial charge in [0, 0.05) is 51.8 Å². The number of imidazole rings is 1. The molecule has 1 aliphatic heterocycles. The van der Waals surface area contributed by atoms with Gasteiger partial charge in [-0.15, -0.1) is 0 Å². The van der Waals surface area contributed by atoms with E-state index in [-0.39, 0.29) is 40.8 Å². The van der Waals surface area contributed by atoms with E-state index in [0.29, 0.717) is 53.5 Å². The smallest absolute Gasteiger partial charge is 0.329 e. The monoisotopic (exact) mass is 753 g/mol. The molecule has 1 atom stereocenters. The number of unbranched alkanes of at least 4 members (excludes halogenated alkanes) is 1. The minimum absolute atomic E-state index is 0.0691. The number of imide groups is 1. The summed E-state index contributed by atoms with van der Waals surface area (Å²) in [5, 5.41) is 13.9. The highest BCUT2D eigenvalue weighted by molar-refractivity contribution is 7.90. The number of carbonyl (C=O) groups is 4. The average Bonchev–Trinajstić information content (AvgIpc) is 3.40. The summed E-state index contributed by atoms with van der Waals surface area (Å²) in [6, 6.07) is 16.0. The number of anilines is 4. The molecule has 4 heterocycles. The number of nitrogens with one attached hydrogen (secondary N) is 5. The van der Waals surface area contributed by atoms with Crippen LogP contribution in [0.3, 0.4) is 0 Å². The molecule has 2 aromatic carbocycles. The molecule has 1 unspecified atom stereocenters. The molecule has 0 radical (unpaired) electrons. The van der Waals surface area contributed by atoms with Gasteiger partial charge in [-0.3, -0.25) is 33.6 Å². The maximum atomic E-state index is 13.2. The van der Waals surface area contributed by atoms with Gasteiger partial charge in [0.05, 0.1) is 38.4 Å². The molecule has 0 spiro atoms. The Morgan fingerprint density at radius 1 is 0.907 bits per heavy atom. The van der Waals surface area contributed by atoms with Gasteiger partial charge in [-0.05, 0) is 61.6 Å². The van der Waals surface area contributed by atoms with Gasteiger partial charge in [0.15, 0.2) is 9.84 Å². The average molecular weight is 754 g/mol. The lowest BCUT2D eigenvalue weighted by molar-refractivity contribution is -0.135. The number of aromatic nitrogens is 4. The molecule has 6 rings (SSSR count). The molecule has 0 saturated carbocycles. The normalized spacial score (nSPS) is 14.4. The summed E-state index contributed by atoms with van der Waals surface area (Å²) >= 11 is 0. The summed E-state index contributed by atoms with van der Waals surface area (Å²) in [7, 11) is -0.417. The number of carbonyl (C=O) groups excluding carboxylic acids is 4. The molecule has 1 saturated heterocycles. The summed E-state index contributed by atoms with van der Waals surface area (Å²) in [6.07, 6.45) is 6.34. The quantitative estimate of drug-likeness (QED) is 0.0870. The van der Waals surface area contributed by atoms with Crippen molar-refractivity contribution in [2.45, 2.75) is 43.0 Å². The molecular weight excluding hydrogens is 715 g/mol. The Balaban J connectivity index is 1.05. The molecule has 16 nitrogen and oxygen atoms in total. The van der Waals surface area contributed by atoms with Crippen molar-refractivity contribution in [2.24, 2.45) is 7.05 Å². The number of rotatable bonds is 13. The third kappa shape index (κ3) is 8.00. The molecule has 280 valence electrons. The van der Waals surface area contributed by atoms with Crippen molar-refractivity contribution in [1.82, 2.24) is 35.1 Å². The Kier molecular flexibility index (Phi) is 10.9. The Bertz CT molecular complexity index is 2440. The van der Waals surface area contributed by atoms with Crippen LogP contribution in [0.2, 0.25) is 0 Å². The van der Waals surface area contributed by atoms with Crippen LogP contribution in [0.25, 0.3) is 11.0 Å². The number of piperidine rings is 1. The lowest BCUT2D eigenvalue weighted by Crippen LogP contribution is -2.44. The highest BCUT2D eigenvalue weighted by Crippen LogP contribution is 2.29. The molecule has 3 aromatic heterocycles. The second-order valence-electron chi connectivity index (χ2n) is 12.8. The first-order valence-electron chi connectivity index (χ1n) is 17.2. The standard InChI is InChI=1S/C37H39N9O7S/c1-38-35(49)24-21-41-31(19-26(24)42-25-11-4-5-13-29(25)54(3,52)53)43-30-16-14-23(20-40-30)34(48)39-18-7-6-9-22-10-8-12-27-33(22)45(2)37(51)46(27)28-15-17-32(47)44-36(28)50/h4-5,8,10-14,16,19-21,28H,6-7,9,15,17-18H2,1-3H3,(H,38,49)(H,39,48)(H,44,47,50)(H2,40,41,42,43). The van der Waals surface area contributed by atoms with Crippen LogP contribution in [-0.4, -0.2) is 71.0 Å². The van der Waals surface area contributed by atoms with E-state index < -0.39 is 27.7 Å². The Morgan fingerprint density at radius 3 is 2.41 bits per heavy atom. The summed E-state index contributed by atoms with van der Waals surface area (Å²) in [6.45, 7) is 0.408. The van der Waals surface area contributed by atoms with Crippen molar-refractivity contribution >= 4 is 67.5 Å². The molecule has 54 heavy (non-hydrogen) atoms. The van der Waals surface area contributed by atoms with Crippen molar-refractivity contribution in [3.8, 4) is 0 Å². The second-order valence-corrected chi connectivity index (χ2v) is 14.8. The maximum absolute atomic E-state index is 13.2.